The summed E-state index contributed by atoms with van der Waals surface area (Å²) in [5, 5.41) is 1.10. The van der Waals surface area contributed by atoms with Crippen molar-refractivity contribution in [1.82, 2.24) is 24.1 Å². The minimum Gasteiger partial charge on any atom is -0.294 e. The highest BCUT2D eigenvalue weighted by molar-refractivity contribution is 5.99. The van der Waals surface area contributed by atoms with E-state index in [4.69, 9.17) is 15.0 Å². The third kappa shape index (κ3) is 6.87. The molecule has 0 N–H and O–H groups in total. The first-order valence-corrected chi connectivity index (χ1v) is 22.3. The van der Waals surface area contributed by atoms with Gasteiger partial charge in [-0.2, -0.15) is 0 Å². The van der Waals surface area contributed by atoms with Crippen molar-refractivity contribution in [2.24, 2.45) is 0 Å². The molecule has 0 atom stereocenters. The molecule has 5 nitrogen and oxygen atoms in total. The van der Waals surface area contributed by atoms with Crippen LogP contribution in [0.5, 0.6) is 0 Å². The first-order chi connectivity index (χ1) is 32.8. The van der Waals surface area contributed by atoms with Crippen LogP contribution < -0.4 is 0 Å². The van der Waals surface area contributed by atoms with Gasteiger partial charge in [0.15, 0.2) is 5.65 Å². The lowest BCUT2D eigenvalue weighted by molar-refractivity contribution is 1.08. The van der Waals surface area contributed by atoms with Gasteiger partial charge in [-0.3, -0.25) is 9.13 Å². The van der Waals surface area contributed by atoms with Gasteiger partial charge in [-0.05, 0) is 128 Å². The molecular weight excluding hydrogens is 803 g/mol. The number of pyridine rings is 2. The van der Waals surface area contributed by atoms with Gasteiger partial charge in [0.1, 0.15) is 17.0 Å². The third-order valence-electron chi connectivity index (χ3n) is 12.5. The maximum Gasteiger partial charge on any atom is 0.164 e. The number of para-hydroxylation sites is 2. The maximum absolute atomic E-state index is 5.14. The minimum absolute atomic E-state index is 0.829. The molecule has 0 bridgehead atoms. The molecule has 0 spiro atoms. The molecule has 5 heteroatoms. The van der Waals surface area contributed by atoms with Crippen LogP contribution in [0.25, 0.3) is 112 Å². The van der Waals surface area contributed by atoms with Crippen LogP contribution in [0.15, 0.2) is 249 Å². The van der Waals surface area contributed by atoms with Gasteiger partial charge in [0, 0.05) is 34.7 Å². The topological polar surface area (TPSA) is 48.5 Å². The Morgan fingerprint density at radius 2 is 0.712 bits per heavy atom. The first kappa shape index (κ1) is 38.7. The van der Waals surface area contributed by atoms with Crippen LogP contribution in [0.2, 0.25) is 0 Å². The van der Waals surface area contributed by atoms with E-state index in [-0.39, 0.29) is 0 Å². The Hall–Kier alpha value is -8.93. The largest absolute Gasteiger partial charge is 0.294 e. The summed E-state index contributed by atoms with van der Waals surface area (Å²) in [7, 11) is 0. The van der Waals surface area contributed by atoms with Crippen molar-refractivity contribution in [3.8, 4) is 89.7 Å². The van der Waals surface area contributed by atoms with E-state index in [2.05, 4.69) is 221 Å². The lowest BCUT2D eigenvalue weighted by Gasteiger charge is -2.19. The highest BCUT2D eigenvalue weighted by atomic mass is 15.1. The quantitative estimate of drug-likeness (QED) is 0.145. The van der Waals surface area contributed by atoms with E-state index >= 15 is 0 Å². The van der Waals surface area contributed by atoms with Crippen LogP contribution in [0, 0.1) is 0 Å². The average molecular weight is 844 g/mol. The van der Waals surface area contributed by atoms with Crippen molar-refractivity contribution in [2.45, 2.75) is 0 Å². The summed E-state index contributed by atoms with van der Waals surface area (Å²) in [6.07, 6.45) is 3.70. The number of nitrogens with zero attached hydrogens (tertiary/aromatic N) is 5. The van der Waals surface area contributed by atoms with Gasteiger partial charge in [0.2, 0.25) is 0 Å². The molecule has 0 aliphatic carbocycles. The summed E-state index contributed by atoms with van der Waals surface area (Å²) in [6, 6.07) is 84.0. The second kappa shape index (κ2) is 16.6. The third-order valence-corrected chi connectivity index (χ3v) is 12.5. The van der Waals surface area contributed by atoms with Gasteiger partial charge in [0.05, 0.1) is 5.69 Å². The fourth-order valence-corrected chi connectivity index (χ4v) is 9.53. The van der Waals surface area contributed by atoms with Crippen LogP contribution >= 0.6 is 0 Å². The maximum atomic E-state index is 5.14. The Bertz CT molecular complexity index is 3470. The van der Waals surface area contributed by atoms with Gasteiger partial charge < -0.3 is 0 Å². The molecule has 0 saturated heterocycles. The fourth-order valence-electron chi connectivity index (χ4n) is 9.53. The second-order valence-electron chi connectivity index (χ2n) is 16.4. The van der Waals surface area contributed by atoms with E-state index in [1.54, 1.807) is 0 Å². The summed E-state index contributed by atoms with van der Waals surface area (Å²) in [5.41, 5.74) is 19.5. The molecule has 12 aromatic rings. The lowest BCUT2D eigenvalue weighted by Crippen LogP contribution is -1.98. The molecule has 0 saturated carbocycles. The van der Waals surface area contributed by atoms with Crippen molar-refractivity contribution in [2.75, 3.05) is 0 Å². The summed E-state index contributed by atoms with van der Waals surface area (Å²) in [5.74, 6) is 0.850. The van der Waals surface area contributed by atoms with Crippen LogP contribution in [0.3, 0.4) is 0 Å². The predicted octanol–water partition coefficient (Wildman–Crippen LogP) is 15.4. The second-order valence-corrected chi connectivity index (χ2v) is 16.4. The fraction of sp³-hybridized carbons (Fsp3) is 0. The van der Waals surface area contributed by atoms with Crippen molar-refractivity contribution in [3.63, 3.8) is 0 Å². The Morgan fingerprint density at radius 3 is 1.27 bits per heavy atom. The van der Waals surface area contributed by atoms with Gasteiger partial charge in [-0.25, -0.2) is 15.0 Å². The number of hydrogen-bond donors (Lipinski definition) is 0. The predicted molar refractivity (Wildman–Crippen MR) is 272 cm³/mol. The SMILES string of the molecule is c1ccc(-n2c(-c3cccc(-c4ccccc4-c4ccccc4-c4ccccc4-c4ccccc4-c4cccc(-c5nc6cccnc6n5-c5ccccc5)c4)c3)cc3cccnc32)cc1. The smallest absolute Gasteiger partial charge is 0.164 e. The zero-order valence-electron chi connectivity index (χ0n) is 35.9. The molecule has 0 unspecified atom stereocenters. The van der Waals surface area contributed by atoms with E-state index < -0.39 is 0 Å². The molecule has 12 rings (SSSR count). The Kier molecular flexibility index (Phi) is 9.77. The molecule has 0 fully saturated rings. The zero-order chi connectivity index (χ0) is 43.8. The van der Waals surface area contributed by atoms with Crippen molar-refractivity contribution in [3.05, 3.63) is 249 Å². The Labute approximate surface area is 383 Å². The standard InChI is InChI=1S/C61H41N5/c1-3-24-47(25-4-1)65-58(41-46-23-17-37-62-59(46)65)44-21-15-19-42(39-44)49-28-7-9-30-51(49)53-32-11-13-34-55(53)56-35-14-12-33-54(56)52-31-10-8-29-50(52)43-20-16-22-45(40-43)60-64-57-36-18-38-63-61(57)66(60)48-26-5-2-6-27-48/h1-41H. The van der Waals surface area contributed by atoms with Crippen LogP contribution in [-0.4, -0.2) is 24.1 Å². The highest BCUT2D eigenvalue weighted by Crippen LogP contribution is 2.44. The molecule has 66 heavy (non-hydrogen) atoms. The summed E-state index contributed by atoms with van der Waals surface area (Å²) in [6.45, 7) is 0. The monoisotopic (exact) mass is 843 g/mol. The normalized spacial score (nSPS) is 11.3. The van der Waals surface area contributed by atoms with Gasteiger partial charge in [0.25, 0.3) is 0 Å². The molecule has 0 radical (unpaired) electrons. The van der Waals surface area contributed by atoms with Crippen LogP contribution in [-0.2, 0) is 0 Å². The average Bonchev–Trinajstić information content (AvgIpc) is 3.99. The number of imidazole rings is 1. The molecule has 0 aliphatic heterocycles. The summed E-state index contributed by atoms with van der Waals surface area (Å²) < 4.78 is 4.42. The first-order valence-electron chi connectivity index (χ1n) is 22.3. The van der Waals surface area contributed by atoms with Gasteiger partial charge in [-0.1, -0.05) is 170 Å². The molecule has 8 aromatic carbocycles. The van der Waals surface area contributed by atoms with E-state index in [0.29, 0.717) is 0 Å². The van der Waals surface area contributed by atoms with E-state index in [9.17, 15) is 0 Å². The number of hydrogen-bond acceptors (Lipinski definition) is 3. The number of rotatable bonds is 9. The van der Waals surface area contributed by atoms with Gasteiger partial charge >= 0.3 is 0 Å². The number of aromatic nitrogens is 5. The van der Waals surface area contributed by atoms with E-state index in [0.717, 1.165) is 89.6 Å². The Balaban J connectivity index is 0.959. The molecular formula is C61H41N5. The summed E-state index contributed by atoms with van der Waals surface area (Å²) >= 11 is 0. The molecule has 0 amide bonds. The molecule has 0 aliphatic rings. The van der Waals surface area contributed by atoms with Crippen LogP contribution in [0.1, 0.15) is 0 Å². The van der Waals surface area contributed by atoms with E-state index in [1.807, 2.05) is 36.7 Å². The summed E-state index contributed by atoms with van der Waals surface area (Å²) in [4.78, 5) is 14.7. The number of benzene rings is 8. The van der Waals surface area contributed by atoms with Crippen molar-refractivity contribution >= 4 is 22.2 Å². The van der Waals surface area contributed by atoms with Crippen LogP contribution in [0.4, 0.5) is 0 Å². The Morgan fingerprint density at radius 1 is 0.288 bits per heavy atom. The molecule has 310 valence electrons. The molecule has 4 heterocycles. The number of fused-ring (bicyclic) bond motifs is 2. The van der Waals surface area contributed by atoms with Crippen molar-refractivity contribution in [1.29, 1.82) is 0 Å². The van der Waals surface area contributed by atoms with Crippen molar-refractivity contribution < 1.29 is 0 Å². The zero-order valence-corrected chi connectivity index (χ0v) is 35.9. The highest BCUT2D eigenvalue weighted by Gasteiger charge is 2.20. The molecule has 4 aromatic heterocycles. The van der Waals surface area contributed by atoms with E-state index in [1.165, 1.54) is 22.3 Å². The minimum atomic E-state index is 0.829. The van der Waals surface area contributed by atoms with Gasteiger partial charge in [-0.15, -0.1) is 0 Å². The lowest BCUT2D eigenvalue weighted by atomic mass is 9.85.